The third-order valence-electron chi connectivity index (χ3n) is 1.73. The highest BCUT2D eigenvalue weighted by Gasteiger charge is 2.27. The average molecular weight is 278 g/mol. The minimum atomic E-state index is -2.03. The fraction of sp³-hybridized carbons (Fsp3) is 0.600. The maximum atomic E-state index is 11.1. The first-order valence-electron chi connectivity index (χ1n) is 5.19. The zero-order valence-corrected chi connectivity index (χ0v) is 10.2. The van der Waals surface area contributed by atoms with Crippen LogP contribution in [0.2, 0.25) is 0 Å². The standard InChI is InChI=1S/C10H14O9/c1-4(11)8(15)18-7(14)3-6(13)10(17)19-9(16)5(2)12/h4-6,11-13H,3H2,1-2H3. The van der Waals surface area contributed by atoms with Gasteiger partial charge in [-0.05, 0) is 13.8 Å². The second kappa shape index (κ2) is 7.56. The van der Waals surface area contributed by atoms with E-state index in [1.807, 2.05) is 0 Å². The van der Waals surface area contributed by atoms with Gasteiger partial charge in [0.05, 0.1) is 6.42 Å². The number of hydrogen-bond acceptors (Lipinski definition) is 9. The normalized spacial score (nSPS) is 15.0. The van der Waals surface area contributed by atoms with Gasteiger partial charge in [0.2, 0.25) is 0 Å². The molecule has 0 fully saturated rings. The van der Waals surface area contributed by atoms with E-state index in [9.17, 15) is 24.3 Å². The Labute approximate surface area is 107 Å². The number of esters is 4. The zero-order chi connectivity index (χ0) is 15.2. The molecule has 0 radical (unpaired) electrons. The van der Waals surface area contributed by atoms with E-state index in [2.05, 4.69) is 9.47 Å². The molecule has 0 saturated heterocycles. The van der Waals surface area contributed by atoms with Crippen LogP contribution < -0.4 is 0 Å². The van der Waals surface area contributed by atoms with Gasteiger partial charge in [-0.3, -0.25) is 4.79 Å². The van der Waals surface area contributed by atoms with Crippen molar-refractivity contribution < 1.29 is 44.0 Å². The average Bonchev–Trinajstić information content (AvgIpc) is 2.27. The molecule has 19 heavy (non-hydrogen) atoms. The van der Waals surface area contributed by atoms with Gasteiger partial charge in [0, 0.05) is 0 Å². The zero-order valence-electron chi connectivity index (χ0n) is 10.2. The van der Waals surface area contributed by atoms with Crippen LogP contribution in [0.15, 0.2) is 0 Å². The summed E-state index contributed by atoms with van der Waals surface area (Å²) in [4.78, 5) is 43.7. The summed E-state index contributed by atoms with van der Waals surface area (Å²) < 4.78 is 8.06. The summed E-state index contributed by atoms with van der Waals surface area (Å²) >= 11 is 0. The predicted octanol–water partition coefficient (Wildman–Crippen LogP) is -2.36. The quantitative estimate of drug-likeness (QED) is 0.371. The fourth-order valence-electron chi connectivity index (χ4n) is 0.733. The Morgan fingerprint density at radius 1 is 0.842 bits per heavy atom. The molecule has 3 atom stereocenters. The number of hydrogen-bond donors (Lipinski definition) is 3. The van der Waals surface area contributed by atoms with Gasteiger partial charge in [-0.1, -0.05) is 0 Å². The highest BCUT2D eigenvalue weighted by molar-refractivity contribution is 5.93. The van der Waals surface area contributed by atoms with E-state index >= 15 is 0 Å². The van der Waals surface area contributed by atoms with E-state index < -0.39 is 48.6 Å². The van der Waals surface area contributed by atoms with Gasteiger partial charge in [0.25, 0.3) is 0 Å². The lowest BCUT2D eigenvalue weighted by molar-refractivity contribution is -0.175. The maximum Gasteiger partial charge on any atom is 0.343 e. The summed E-state index contributed by atoms with van der Waals surface area (Å²) in [6, 6.07) is 0. The van der Waals surface area contributed by atoms with Crippen molar-refractivity contribution in [1.29, 1.82) is 0 Å². The number of aliphatic hydroxyl groups excluding tert-OH is 3. The van der Waals surface area contributed by atoms with Crippen LogP contribution in [0.25, 0.3) is 0 Å². The molecule has 108 valence electrons. The third kappa shape index (κ3) is 6.60. The molecule has 0 aliphatic heterocycles. The Kier molecular flexibility index (Phi) is 6.83. The molecule has 3 unspecified atom stereocenters. The van der Waals surface area contributed by atoms with Crippen molar-refractivity contribution in [3.63, 3.8) is 0 Å². The summed E-state index contributed by atoms with van der Waals surface area (Å²) in [6.45, 7) is 2.10. The smallest absolute Gasteiger partial charge is 0.343 e. The lowest BCUT2D eigenvalue weighted by Gasteiger charge is -2.10. The third-order valence-corrected chi connectivity index (χ3v) is 1.73. The van der Waals surface area contributed by atoms with Crippen LogP contribution in [-0.2, 0) is 28.7 Å². The molecule has 0 saturated carbocycles. The fourth-order valence-corrected chi connectivity index (χ4v) is 0.733. The number of carbonyl (C=O) groups excluding carboxylic acids is 4. The maximum absolute atomic E-state index is 11.1. The molecular formula is C10H14O9. The van der Waals surface area contributed by atoms with Crippen LogP contribution in [0, 0.1) is 0 Å². The molecule has 0 aromatic rings. The van der Waals surface area contributed by atoms with Crippen molar-refractivity contribution in [1.82, 2.24) is 0 Å². The molecule has 0 aromatic heterocycles. The second-order valence-corrected chi connectivity index (χ2v) is 3.61. The Morgan fingerprint density at radius 3 is 1.68 bits per heavy atom. The Hall–Kier alpha value is -1.84. The van der Waals surface area contributed by atoms with Crippen LogP contribution in [0.4, 0.5) is 0 Å². The summed E-state index contributed by atoms with van der Waals surface area (Å²) in [5, 5.41) is 26.7. The molecule has 9 heteroatoms. The molecule has 0 amide bonds. The van der Waals surface area contributed by atoms with E-state index in [0.29, 0.717) is 0 Å². The molecule has 0 aliphatic carbocycles. The van der Waals surface area contributed by atoms with Crippen LogP contribution >= 0.6 is 0 Å². The van der Waals surface area contributed by atoms with E-state index in [4.69, 9.17) is 10.2 Å². The number of aliphatic hydroxyl groups is 3. The summed E-state index contributed by atoms with van der Waals surface area (Å²) in [7, 11) is 0. The van der Waals surface area contributed by atoms with Crippen LogP contribution in [-0.4, -0.2) is 57.5 Å². The lowest BCUT2D eigenvalue weighted by atomic mass is 10.2. The Morgan fingerprint density at radius 2 is 1.26 bits per heavy atom. The number of ether oxygens (including phenoxy) is 2. The monoisotopic (exact) mass is 278 g/mol. The van der Waals surface area contributed by atoms with E-state index in [-0.39, 0.29) is 0 Å². The highest BCUT2D eigenvalue weighted by Crippen LogP contribution is 2.01. The summed E-state index contributed by atoms with van der Waals surface area (Å²) in [5.74, 6) is -5.28. The molecule has 0 aliphatic rings. The van der Waals surface area contributed by atoms with E-state index in [1.54, 1.807) is 0 Å². The van der Waals surface area contributed by atoms with Crippen molar-refractivity contribution in [3.05, 3.63) is 0 Å². The van der Waals surface area contributed by atoms with Crippen molar-refractivity contribution in [2.75, 3.05) is 0 Å². The first-order valence-corrected chi connectivity index (χ1v) is 5.19. The molecule has 9 nitrogen and oxygen atoms in total. The molecule has 3 N–H and O–H groups in total. The second-order valence-electron chi connectivity index (χ2n) is 3.61. The predicted molar refractivity (Wildman–Crippen MR) is 56.2 cm³/mol. The number of rotatable bonds is 5. The van der Waals surface area contributed by atoms with Crippen molar-refractivity contribution in [2.24, 2.45) is 0 Å². The summed E-state index contributed by atoms with van der Waals surface area (Å²) in [6.07, 6.45) is -6.08. The van der Waals surface area contributed by atoms with E-state index in [0.717, 1.165) is 13.8 Å². The van der Waals surface area contributed by atoms with Gasteiger partial charge in [-0.25, -0.2) is 14.4 Å². The van der Waals surface area contributed by atoms with Crippen molar-refractivity contribution in [2.45, 2.75) is 38.6 Å². The van der Waals surface area contributed by atoms with Gasteiger partial charge >= 0.3 is 23.9 Å². The van der Waals surface area contributed by atoms with Gasteiger partial charge in [0.1, 0.15) is 12.2 Å². The van der Waals surface area contributed by atoms with Crippen LogP contribution in [0.5, 0.6) is 0 Å². The van der Waals surface area contributed by atoms with Crippen molar-refractivity contribution >= 4 is 23.9 Å². The van der Waals surface area contributed by atoms with Gasteiger partial charge in [-0.2, -0.15) is 0 Å². The lowest BCUT2D eigenvalue weighted by Crippen LogP contribution is -2.33. The number of carbonyl (C=O) groups is 4. The molecule has 0 heterocycles. The molecule has 0 spiro atoms. The molecule has 0 aromatic carbocycles. The minimum Gasteiger partial charge on any atom is -0.391 e. The Balaban J connectivity index is 4.26. The van der Waals surface area contributed by atoms with Crippen LogP contribution in [0.1, 0.15) is 20.3 Å². The van der Waals surface area contributed by atoms with E-state index in [1.165, 1.54) is 0 Å². The largest absolute Gasteiger partial charge is 0.391 e. The van der Waals surface area contributed by atoms with Gasteiger partial charge < -0.3 is 24.8 Å². The molecule has 0 rings (SSSR count). The minimum absolute atomic E-state index is 0.940. The van der Waals surface area contributed by atoms with Crippen molar-refractivity contribution in [3.8, 4) is 0 Å². The summed E-state index contributed by atoms with van der Waals surface area (Å²) in [5.41, 5.74) is 0. The first-order chi connectivity index (χ1) is 8.65. The Bertz CT molecular complexity index is 371. The highest BCUT2D eigenvalue weighted by atomic mass is 16.6. The van der Waals surface area contributed by atoms with Crippen LogP contribution in [0.3, 0.4) is 0 Å². The van der Waals surface area contributed by atoms with Gasteiger partial charge in [0.15, 0.2) is 6.10 Å². The molecule has 0 bridgehead atoms. The molecular weight excluding hydrogens is 264 g/mol. The SMILES string of the molecule is CC(O)C(=O)OC(=O)CC(O)C(=O)OC(=O)C(C)O. The van der Waals surface area contributed by atoms with Gasteiger partial charge in [-0.15, -0.1) is 0 Å². The first kappa shape index (κ1) is 17.2. The topological polar surface area (TPSA) is 147 Å².